The lowest BCUT2D eigenvalue weighted by molar-refractivity contribution is -0.126. The first-order chi connectivity index (χ1) is 20.1. The van der Waals surface area contributed by atoms with Gasteiger partial charge in [-0.2, -0.15) is 0 Å². The van der Waals surface area contributed by atoms with E-state index in [1.807, 2.05) is 53.9 Å². The molecular weight excluding hydrogens is 577 g/mol. The number of alkyl halides is 2. The molecule has 5 rings (SSSR count). The summed E-state index contributed by atoms with van der Waals surface area (Å²) in [5.41, 5.74) is 0.238. The van der Waals surface area contributed by atoms with E-state index in [0.717, 1.165) is 54.7 Å². The zero-order valence-corrected chi connectivity index (χ0v) is 25.5. The van der Waals surface area contributed by atoms with Crippen molar-refractivity contribution in [3.8, 4) is 11.1 Å². The zero-order chi connectivity index (χ0) is 29.9. The second kappa shape index (κ2) is 12.9. The van der Waals surface area contributed by atoms with Crippen LogP contribution in [-0.2, 0) is 15.0 Å². The number of benzene rings is 2. The molecule has 0 bridgehead atoms. The molecule has 1 aromatic heterocycles. The predicted octanol–water partition coefficient (Wildman–Crippen LogP) is 4.94. The van der Waals surface area contributed by atoms with Gasteiger partial charge in [-0.15, -0.1) is 11.3 Å². The van der Waals surface area contributed by atoms with Crippen LogP contribution in [0.5, 0.6) is 0 Å². The van der Waals surface area contributed by atoms with Crippen molar-refractivity contribution in [1.82, 2.24) is 15.5 Å². The molecule has 4 N–H and O–H groups in total. The van der Waals surface area contributed by atoms with Crippen LogP contribution in [0, 0.1) is 5.92 Å². The lowest BCUT2D eigenvalue weighted by Gasteiger charge is -2.40. The minimum Gasteiger partial charge on any atom is -0.373 e. The van der Waals surface area contributed by atoms with Crippen LogP contribution in [0.15, 0.2) is 60.0 Å². The molecule has 1 saturated heterocycles. The van der Waals surface area contributed by atoms with E-state index in [4.69, 9.17) is 0 Å². The maximum atomic E-state index is 13.8. The summed E-state index contributed by atoms with van der Waals surface area (Å²) in [5, 5.41) is 20.9. The molecule has 2 atom stereocenters. The average Bonchev–Trinajstić information content (AvgIpc) is 3.50. The molecule has 7 nitrogen and oxygen atoms in total. The van der Waals surface area contributed by atoms with Gasteiger partial charge in [-0.3, -0.25) is 14.9 Å². The fourth-order valence-electron chi connectivity index (χ4n) is 6.21. The fourth-order valence-corrected chi connectivity index (χ4v) is 7.12. The van der Waals surface area contributed by atoms with Crippen molar-refractivity contribution in [2.45, 2.75) is 43.5 Å². The molecule has 1 fully saturated rings. The first kappa shape index (κ1) is 30.7. The summed E-state index contributed by atoms with van der Waals surface area (Å²) in [5.74, 6) is -0.155. The van der Waals surface area contributed by atoms with E-state index in [0.29, 0.717) is 29.4 Å². The van der Waals surface area contributed by atoms with Crippen molar-refractivity contribution >= 4 is 38.1 Å². The lowest BCUT2D eigenvalue weighted by atomic mass is 9.73. The van der Waals surface area contributed by atoms with Crippen molar-refractivity contribution in [2.24, 2.45) is 5.92 Å². The molecule has 0 saturated carbocycles. The van der Waals surface area contributed by atoms with Gasteiger partial charge in [0.05, 0.1) is 17.1 Å². The summed E-state index contributed by atoms with van der Waals surface area (Å²) in [4.78, 5) is 28.2. The Hall–Kier alpha value is -2.75. The average molecular weight is 615 g/mol. The zero-order valence-electron chi connectivity index (χ0n) is 23.5. The fraction of sp³-hybridized carbons (Fsp3) is 0.419. The maximum absolute atomic E-state index is 13.8. The van der Waals surface area contributed by atoms with Gasteiger partial charge in [-0.25, -0.2) is 8.78 Å². The minimum atomic E-state index is -3.08. The van der Waals surface area contributed by atoms with E-state index in [1.165, 1.54) is 27.5 Å². The summed E-state index contributed by atoms with van der Waals surface area (Å²) in [6.07, 6.45) is 1.32. The Kier molecular flexibility index (Phi) is 9.40. The molecule has 2 aromatic carbocycles. The van der Waals surface area contributed by atoms with Crippen LogP contribution in [0.2, 0.25) is 0 Å². The molecule has 2 unspecified atom stereocenters. The van der Waals surface area contributed by atoms with Gasteiger partial charge in [0.1, 0.15) is 11.6 Å². The first-order valence-corrected chi connectivity index (χ1v) is 15.7. The van der Waals surface area contributed by atoms with Gasteiger partial charge in [0, 0.05) is 26.6 Å². The summed E-state index contributed by atoms with van der Waals surface area (Å²) in [6.45, 7) is 4.05. The molecule has 0 radical (unpaired) electrons. The van der Waals surface area contributed by atoms with E-state index in [2.05, 4.69) is 20.9 Å². The monoisotopic (exact) mass is 614 g/mol. The van der Waals surface area contributed by atoms with Gasteiger partial charge in [-0.05, 0) is 59.0 Å². The number of unbranched alkanes of at least 4 members (excludes halogenated alkanes) is 1. The molecule has 42 heavy (non-hydrogen) atoms. The van der Waals surface area contributed by atoms with Gasteiger partial charge < -0.3 is 20.6 Å². The number of aliphatic hydroxyl groups excluding tert-OH is 1. The summed E-state index contributed by atoms with van der Waals surface area (Å²) >= 11 is 1.39. The summed E-state index contributed by atoms with van der Waals surface area (Å²) in [7, 11) is 1.50. The molecule has 0 spiro atoms. The van der Waals surface area contributed by atoms with Crippen LogP contribution in [-0.4, -0.2) is 60.2 Å². The third-order valence-electron chi connectivity index (χ3n) is 8.10. The van der Waals surface area contributed by atoms with Crippen molar-refractivity contribution in [2.75, 3.05) is 38.0 Å². The van der Waals surface area contributed by atoms with Gasteiger partial charge in [0.25, 0.3) is 5.66 Å². The number of rotatable bonds is 13. The smallest absolute Gasteiger partial charge is 0.275 e. The molecule has 3 aromatic rings. The third kappa shape index (κ3) is 6.58. The number of aliphatic hydroxyl groups is 1. The van der Waals surface area contributed by atoms with Gasteiger partial charge in [-0.1, -0.05) is 64.2 Å². The molecular formula is C31H37F2N4O3PS. The second-order valence-corrected chi connectivity index (χ2v) is 13.0. The SMILES string of the molecule is CC(=O)Nc1ccsc1C(O)NCC1CN(CCCCC2(C(=O)NCC(F)(F)P)c3ccccc3-c3ccccc32)C1. The van der Waals surface area contributed by atoms with Crippen molar-refractivity contribution in [1.29, 1.82) is 0 Å². The number of carbonyl (C=O) groups excluding carboxylic acids is 2. The standard InChI is InChI=1S/C31H37F2N4O3PS/c1-20(38)36-26-12-15-42-27(26)28(39)34-16-21-17-37(18-21)14-7-6-13-30(29(40)35-19-31(32,33)41)24-10-4-2-8-22(24)23-9-3-5-11-25(23)30/h2-5,8-12,15,21,28,34,39H,6-7,13-14,16-19,41H2,1H3,(H,35,40)(H,36,38). The van der Waals surface area contributed by atoms with Crippen LogP contribution in [0.3, 0.4) is 0 Å². The number of fused-ring (bicyclic) bond motifs is 3. The van der Waals surface area contributed by atoms with Crippen molar-refractivity contribution in [3.05, 3.63) is 76.0 Å². The summed E-state index contributed by atoms with van der Waals surface area (Å²) in [6, 6.07) is 17.4. The molecule has 224 valence electrons. The van der Waals surface area contributed by atoms with E-state index >= 15 is 0 Å². The number of anilines is 1. The number of nitrogens with zero attached hydrogens (tertiary/aromatic N) is 1. The Bertz CT molecular complexity index is 1380. The number of thiophene rings is 1. The first-order valence-electron chi connectivity index (χ1n) is 14.2. The van der Waals surface area contributed by atoms with Gasteiger partial charge in [0.15, 0.2) is 0 Å². The number of likely N-dealkylation sites (tertiary alicyclic amines) is 1. The number of carbonyl (C=O) groups is 2. The van der Waals surface area contributed by atoms with Crippen LogP contribution in [0.25, 0.3) is 11.1 Å². The van der Waals surface area contributed by atoms with Gasteiger partial charge in [0.2, 0.25) is 11.8 Å². The van der Waals surface area contributed by atoms with E-state index in [9.17, 15) is 23.5 Å². The van der Waals surface area contributed by atoms with Crippen molar-refractivity contribution in [3.63, 3.8) is 0 Å². The Balaban J connectivity index is 1.16. The third-order valence-corrected chi connectivity index (χ3v) is 9.27. The van der Waals surface area contributed by atoms with Crippen LogP contribution < -0.4 is 16.0 Å². The highest BCUT2D eigenvalue weighted by Crippen LogP contribution is 2.51. The molecule has 2 aliphatic rings. The van der Waals surface area contributed by atoms with Crippen LogP contribution >= 0.6 is 20.6 Å². The van der Waals surface area contributed by atoms with Gasteiger partial charge >= 0.3 is 0 Å². The second-order valence-electron chi connectivity index (χ2n) is 11.2. The Labute approximate surface area is 251 Å². The largest absolute Gasteiger partial charge is 0.373 e. The maximum Gasteiger partial charge on any atom is 0.275 e. The van der Waals surface area contributed by atoms with Crippen molar-refractivity contribution < 1.29 is 23.5 Å². The number of hydrogen-bond donors (Lipinski definition) is 4. The highest BCUT2D eigenvalue weighted by Gasteiger charge is 2.48. The highest BCUT2D eigenvalue weighted by molar-refractivity contribution is 7.18. The number of halogens is 2. The number of amides is 2. The topological polar surface area (TPSA) is 93.7 Å². The molecule has 2 amide bonds. The van der Waals surface area contributed by atoms with Crippen LogP contribution in [0.4, 0.5) is 14.5 Å². The Morgan fingerprint density at radius 1 is 1.10 bits per heavy atom. The molecule has 11 heteroatoms. The van der Waals surface area contributed by atoms with E-state index in [-0.39, 0.29) is 11.8 Å². The van der Waals surface area contributed by atoms with Crippen LogP contribution in [0.1, 0.15) is 48.4 Å². The quantitative estimate of drug-likeness (QED) is 0.124. The molecule has 1 aliphatic carbocycles. The minimum absolute atomic E-state index is 0.175. The predicted molar refractivity (Wildman–Crippen MR) is 166 cm³/mol. The van der Waals surface area contributed by atoms with E-state index in [1.54, 1.807) is 6.07 Å². The molecule has 1 aliphatic heterocycles. The number of nitrogens with one attached hydrogen (secondary N) is 3. The Morgan fingerprint density at radius 2 is 1.74 bits per heavy atom. The summed E-state index contributed by atoms with van der Waals surface area (Å²) < 4.78 is 27.4. The lowest BCUT2D eigenvalue weighted by Crippen LogP contribution is -2.51. The highest BCUT2D eigenvalue weighted by atomic mass is 32.1. The normalized spacial score (nSPS) is 16.8. The molecule has 2 heterocycles. The Morgan fingerprint density at radius 3 is 2.36 bits per heavy atom. The number of hydrogen-bond acceptors (Lipinski definition) is 6. The van der Waals surface area contributed by atoms with E-state index < -0.39 is 23.9 Å².